The Labute approximate surface area is 205 Å². The Morgan fingerprint density at radius 2 is 1.79 bits per heavy atom. The van der Waals surface area contributed by atoms with E-state index in [2.05, 4.69) is 11.3 Å². The SMILES string of the molecule is CCCCOc1ccc(C=C2SC(=NS(=O)(=O)c3ccc(CC)cc3)N(CC)C2=O)cc1OC. The molecule has 34 heavy (non-hydrogen) atoms. The normalized spacial score (nSPS) is 16.5. The van der Waals surface area contributed by atoms with Gasteiger partial charge in [0.25, 0.3) is 15.9 Å². The van der Waals surface area contributed by atoms with Gasteiger partial charge in [-0.05, 0) is 73.0 Å². The summed E-state index contributed by atoms with van der Waals surface area (Å²) in [5.74, 6) is 0.923. The fourth-order valence-corrected chi connectivity index (χ4v) is 5.52. The van der Waals surface area contributed by atoms with Crippen LogP contribution in [-0.4, -0.2) is 44.7 Å². The van der Waals surface area contributed by atoms with Crippen molar-refractivity contribution in [2.75, 3.05) is 20.3 Å². The molecule has 1 aliphatic rings. The maximum absolute atomic E-state index is 13.0. The van der Waals surface area contributed by atoms with Gasteiger partial charge < -0.3 is 9.47 Å². The predicted molar refractivity (Wildman–Crippen MR) is 137 cm³/mol. The summed E-state index contributed by atoms with van der Waals surface area (Å²) in [5.41, 5.74) is 1.78. The molecule has 2 aromatic carbocycles. The van der Waals surface area contributed by atoms with Crippen LogP contribution in [0.1, 0.15) is 44.7 Å². The Kier molecular flexibility index (Phi) is 8.79. The number of likely N-dealkylation sites (N-methyl/N-ethyl adjacent to an activating group) is 1. The van der Waals surface area contributed by atoms with E-state index in [9.17, 15) is 13.2 Å². The van der Waals surface area contributed by atoms with Crippen molar-refractivity contribution in [3.63, 3.8) is 0 Å². The minimum atomic E-state index is -3.95. The van der Waals surface area contributed by atoms with Crippen LogP contribution in [0.15, 0.2) is 56.7 Å². The second-order valence-corrected chi connectivity index (χ2v) is 10.2. The summed E-state index contributed by atoms with van der Waals surface area (Å²) in [5, 5.41) is 0.143. The number of hydrogen-bond acceptors (Lipinski definition) is 6. The number of amidine groups is 1. The number of ether oxygens (including phenoxy) is 2. The number of methoxy groups -OCH3 is 1. The highest BCUT2D eigenvalue weighted by Gasteiger charge is 2.34. The molecular formula is C25H30N2O5S2. The molecule has 3 rings (SSSR count). The van der Waals surface area contributed by atoms with Gasteiger partial charge in [0.2, 0.25) is 0 Å². The molecular weight excluding hydrogens is 472 g/mol. The summed E-state index contributed by atoms with van der Waals surface area (Å²) in [6, 6.07) is 12.1. The molecule has 0 atom stereocenters. The lowest BCUT2D eigenvalue weighted by Crippen LogP contribution is -2.29. The summed E-state index contributed by atoms with van der Waals surface area (Å²) in [7, 11) is -2.38. The van der Waals surface area contributed by atoms with Gasteiger partial charge in [0.15, 0.2) is 16.7 Å². The maximum Gasteiger partial charge on any atom is 0.284 e. The highest BCUT2D eigenvalue weighted by Crippen LogP contribution is 2.35. The van der Waals surface area contributed by atoms with E-state index in [1.807, 2.05) is 19.1 Å². The lowest BCUT2D eigenvalue weighted by atomic mass is 10.2. The van der Waals surface area contributed by atoms with Crippen LogP contribution in [0.5, 0.6) is 11.5 Å². The van der Waals surface area contributed by atoms with Crippen LogP contribution in [0.2, 0.25) is 0 Å². The van der Waals surface area contributed by atoms with Crippen molar-refractivity contribution < 1.29 is 22.7 Å². The summed E-state index contributed by atoms with van der Waals surface area (Å²) >= 11 is 1.05. The number of unbranched alkanes of at least 4 members (excludes halogenated alkanes) is 1. The van der Waals surface area contributed by atoms with Gasteiger partial charge in [-0.1, -0.05) is 38.5 Å². The van der Waals surface area contributed by atoms with Crippen LogP contribution in [0.25, 0.3) is 6.08 Å². The van der Waals surface area contributed by atoms with Crippen molar-refractivity contribution in [1.29, 1.82) is 0 Å². The topological polar surface area (TPSA) is 85.3 Å². The zero-order valence-corrected chi connectivity index (χ0v) is 21.5. The third-order valence-corrected chi connectivity index (χ3v) is 7.68. The average molecular weight is 503 g/mol. The van der Waals surface area contributed by atoms with Crippen LogP contribution in [0.3, 0.4) is 0 Å². The van der Waals surface area contributed by atoms with Gasteiger partial charge in [0, 0.05) is 6.54 Å². The first-order valence-electron chi connectivity index (χ1n) is 11.3. The molecule has 1 fully saturated rings. The van der Waals surface area contributed by atoms with Crippen molar-refractivity contribution in [3.05, 3.63) is 58.5 Å². The molecule has 0 radical (unpaired) electrons. The number of thioether (sulfide) groups is 1. The minimum Gasteiger partial charge on any atom is -0.493 e. The van der Waals surface area contributed by atoms with Crippen molar-refractivity contribution in [1.82, 2.24) is 4.90 Å². The molecule has 0 saturated carbocycles. The van der Waals surface area contributed by atoms with Gasteiger partial charge in [0.1, 0.15) is 0 Å². The Balaban J connectivity index is 1.88. The highest BCUT2D eigenvalue weighted by atomic mass is 32.2. The lowest BCUT2D eigenvalue weighted by molar-refractivity contribution is -0.122. The number of hydrogen-bond donors (Lipinski definition) is 0. The summed E-state index contributed by atoms with van der Waals surface area (Å²) in [6.07, 6.45) is 4.50. The van der Waals surface area contributed by atoms with E-state index in [1.165, 1.54) is 4.90 Å². The molecule has 0 aromatic heterocycles. The zero-order valence-electron chi connectivity index (χ0n) is 19.9. The van der Waals surface area contributed by atoms with Crippen molar-refractivity contribution >= 4 is 38.9 Å². The Hall–Kier alpha value is -2.78. The first kappa shape index (κ1) is 25.8. The first-order chi connectivity index (χ1) is 16.3. The third-order valence-electron chi connectivity index (χ3n) is 5.27. The average Bonchev–Trinajstić information content (AvgIpc) is 3.12. The number of aryl methyl sites for hydroxylation is 1. The lowest BCUT2D eigenvalue weighted by Gasteiger charge is -2.12. The summed E-state index contributed by atoms with van der Waals surface area (Å²) in [6.45, 7) is 6.78. The van der Waals surface area contributed by atoms with Crippen LogP contribution in [0.4, 0.5) is 0 Å². The maximum atomic E-state index is 13.0. The van der Waals surface area contributed by atoms with Gasteiger partial charge in [-0.25, -0.2) is 0 Å². The Morgan fingerprint density at radius 1 is 1.06 bits per heavy atom. The van der Waals surface area contributed by atoms with E-state index in [1.54, 1.807) is 50.4 Å². The van der Waals surface area contributed by atoms with Crippen molar-refractivity contribution in [3.8, 4) is 11.5 Å². The second-order valence-electron chi connectivity index (χ2n) is 7.62. The van der Waals surface area contributed by atoms with E-state index in [-0.39, 0.29) is 16.0 Å². The van der Waals surface area contributed by atoms with Gasteiger partial charge in [-0.15, -0.1) is 4.40 Å². The number of carbonyl (C=O) groups excluding carboxylic acids is 1. The molecule has 2 aromatic rings. The van der Waals surface area contributed by atoms with Crippen LogP contribution in [0, 0.1) is 0 Å². The van der Waals surface area contributed by atoms with E-state index < -0.39 is 10.0 Å². The number of rotatable bonds is 10. The van der Waals surface area contributed by atoms with Gasteiger partial charge in [-0.2, -0.15) is 8.42 Å². The largest absolute Gasteiger partial charge is 0.493 e. The third kappa shape index (κ3) is 6.01. The van der Waals surface area contributed by atoms with E-state index in [0.717, 1.165) is 42.2 Å². The monoisotopic (exact) mass is 502 g/mol. The molecule has 1 aliphatic heterocycles. The number of nitrogens with zero attached hydrogens (tertiary/aromatic N) is 2. The van der Waals surface area contributed by atoms with Gasteiger partial charge in [-0.3, -0.25) is 9.69 Å². The molecule has 0 spiro atoms. The molecule has 0 aliphatic carbocycles. The Morgan fingerprint density at radius 3 is 2.41 bits per heavy atom. The molecule has 1 heterocycles. The predicted octanol–water partition coefficient (Wildman–Crippen LogP) is 5.12. The molecule has 7 nitrogen and oxygen atoms in total. The van der Waals surface area contributed by atoms with E-state index in [0.29, 0.717) is 29.6 Å². The first-order valence-corrected chi connectivity index (χ1v) is 13.5. The molecule has 0 bridgehead atoms. The summed E-state index contributed by atoms with van der Waals surface area (Å²) in [4.78, 5) is 14.8. The minimum absolute atomic E-state index is 0.0992. The molecule has 1 amide bonds. The number of benzene rings is 2. The number of sulfonamides is 1. The van der Waals surface area contributed by atoms with Crippen molar-refractivity contribution in [2.24, 2.45) is 4.40 Å². The fraction of sp³-hybridized carbons (Fsp3) is 0.360. The van der Waals surface area contributed by atoms with Crippen LogP contribution in [-0.2, 0) is 21.2 Å². The molecule has 0 unspecified atom stereocenters. The number of amides is 1. The molecule has 9 heteroatoms. The van der Waals surface area contributed by atoms with Gasteiger partial charge >= 0.3 is 0 Å². The molecule has 1 saturated heterocycles. The van der Waals surface area contributed by atoms with E-state index >= 15 is 0 Å². The standard InChI is InChI=1S/C25H30N2O5S2/c1-5-8-15-32-21-14-11-19(16-22(21)31-4)17-23-24(28)27(7-3)25(33-23)26-34(29,30)20-12-9-18(6-2)10-13-20/h9-14,16-17H,5-8,15H2,1-4H3. The smallest absolute Gasteiger partial charge is 0.284 e. The summed E-state index contributed by atoms with van der Waals surface area (Å²) < 4.78 is 40.9. The van der Waals surface area contributed by atoms with Crippen LogP contribution >= 0.6 is 11.8 Å². The van der Waals surface area contributed by atoms with Crippen molar-refractivity contribution in [2.45, 2.75) is 44.9 Å². The van der Waals surface area contributed by atoms with Crippen LogP contribution < -0.4 is 9.47 Å². The quantitative estimate of drug-likeness (QED) is 0.331. The molecule has 0 N–H and O–H groups in total. The zero-order chi connectivity index (χ0) is 24.7. The van der Waals surface area contributed by atoms with E-state index in [4.69, 9.17) is 9.47 Å². The number of carbonyl (C=O) groups is 1. The highest BCUT2D eigenvalue weighted by molar-refractivity contribution is 8.19. The fourth-order valence-electron chi connectivity index (χ4n) is 3.28. The molecule has 182 valence electrons. The second kappa shape index (κ2) is 11.6. The van der Waals surface area contributed by atoms with Gasteiger partial charge in [0.05, 0.1) is 23.5 Å². The Bertz CT molecular complexity index is 1190.